The fourth-order valence-electron chi connectivity index (χ4n) is 4.37. The summed E-state index contributed by atoms with van der Waals surface area (Å²) < 4.78 is 1.61. The maximum atomic E-state index is 12.6. The molecule has 0 radical (unpaired) electrons. The number of tetrazole rings is 1. The molecule has 0 aliphatic carbocycles. The van der Waals surface area contributed by atoms with E-state index in [0.717, 1.165) is 11.1 Å². The van der Waals surface area contributed by atoms with Crippen molar-refractivity contribution in [3.63, 3.8) is 0 Å². The molecular formula is C21H22N6OS. The Bertz CT molecular complexity index is 998. The summed E-state index contributed by atoms with van der Waals surface area (Å²) >= 11 is 1.72. The summed E-state index contributed by atoms with van der Waals surface area (Å²) in [4.78, 5) is 14.4. The van der Waals surface area contributed by atoms with Crippen LogP contribution in [0.4, 0.5) is 0 Å². The minimum atomic E-state index is -0.451. The molecule has 5 rings (SSSR count). The van der Waals surface area contributed by atoms with E-state index in [1.54, 1.807) is 11.8 Å². The average molecular weight is 407 g/mol. The van der Waals surface area contributed by atoms with Crippen molar-refractivity contribution in [1.29, 1.82) is 0 Å². The number of β-lactam (4-membered cyclic amide) rings is 1. The lowest BCUT2D eigenvalue weighted by molar-refractivity contribution is -0.147. The zero-order chi connectivity index (χ0) is 20.2. The van der Waals surface area contributed by atoms with Gasteiger partial charge in [0.2, 0.25) is 5.91 Å². The van der Waals surface area contributed by atoms with Gasteiger partial charge in [0.1, 0.15) is 23.5 Å². The van der Waals surface area contributed by atoms with Crippen LogP contribution in [0.2, 0.25) is 0 Å². The van der Waals surface area contributed by atoms with Crippen LogP contribution in [0.25, 0.3) is 0 Å². The first-order chi connectivity index (χ1) is 14.0. The Kier molecular flexibility index (Phi) is 4.22. The number of hydrogen-bond donors (Lipinski definition) is 1. The molecule has 3 atom stereocenters. The normalized spacial score (nSPS) is 25.2. The lowest BCUT2D eigenvalue weighted by atomic mass is 9.94. The molecule has 29 heavy (non-hydrogen) atoms. The molecular weight excluding hydrogens is 384 g/mol. The molecule has 0 saturated carbocycles. The number of thioether (sulfide) groups is 1. The lowest BCUT2D eigenvalue weighted by Crippen LogP contribution is -2.65. The summed E-state index contributed by atoms with van der Waals surface area (Å²) in [6.45, 7) is 4.25. The molecule has 2 unspecified atom stereocenters. The van der Waals surface area contributed by atoms with Crippen molar-refractivity contribution in [2.24, 2.45) is 5.73 Å². The highest BCUT2D eigenvalue weighted by Crippen LogP contribution is 2.56. The van der Waals surface area contributed by atoms with Gasteiger partial charge in [-0.15, -0.1) is 16.9 Å². The summed E-state index contributed by atoms with van der Waals surface area (Å²) in [6.07, 6.45) is 0. The Balaban J connectivity index is 1.64. The van der Waals surface area contributed by atoms with Crippen molar-refractivity contribution in [2.75, 3.05) is 0 Å². The first-order valence-electron chi connectivity index (χ1n) is 9.62. The highest BCUT2D eigenvalue weighted by Gasteiger charge is 2.62. The number of hydrogen-bond acceptors (Lipinski definition) is 6. The molecule has 2 aromatic carbocycles. The molecule has 2 fully saturated rings. The first-order valence-corrected chi connectivity index (χ1v) is 10.5. The third kappa shape index (κ3) is 2.78. The second-order valence-corrected chi connectivity index (χ2v) is 9.76. The zero-order valence-corrected chi connectivity index (χ0v) is 17.0. The molecule has 1 amide bonds. The molecule has 3 aromatic rings. The van der Waals surface area contributed by atoms with Gasteiger partial charge in [0.25, 0.3) is 0 Å². The maximum absolute atomic E-state index is 12.6. The van der Waals surface area contributed by atoms with Crippen LogP contribution in [0.1, 0.15) is 42.9 Å². The Labute approximate surface area is 173 Å². The van der Waals surface area contributed by atoms with Crippen LogP contribution in [0.15, 0.2) is 60.7 Å². The summed E-state index contributed by atoms with van der Waals surface area (Å²) in [5, 5.41) is 12.8. The Hall–Kier alpha value is -2.71. The van der Waals surface area contributed by atoms with Gasteiger partial charge in [-0.25, -0.2) is 4.68 Å². The topological polar surface area (TPSA) is 89.9 Å². The van der Waals surface area contributed by atoms with Crippen LogP contribution in [0.3, 0.4) is 0 Å². The average Bonchev–Trinajstić information content (AvgIpc) is 3.29. The number of benzene rings is 2. The highest BCUT2D eigenvalue weighted by atomic mass is 32.2. The number of nitrogens with two attached hydrogens (primary N) is 1. The third-order valence-electron chi connectivity index (χ3n) is 5.72. The van der Waals surface area contributed by atoms with Crippen molar-refractivity contribution in [3.8, 4) is 0 Å². The van der Waals surface area contributed by atoms with Crippen LogP contribution in [-0.2, 0) is 4.79 Å². The van der Waals surface area contributed by atoms with E-state index >= 15 is 0 Å². The number of rotatable bonds is 4. The largest absolute Gasteiger partial charge is 0.317 e. The van der Waals surface area contributed by atoms with E-state index in [2.05, 4.69) is 53.6 Å². The van der Waals surface area contributed by atoms with Crippen molar-refractivity contribution in [1.82, 2.24) is 25.1 Å². The number of fused-ring (bicyclic) bond motifs is 1. The molecule has 2 saturated heterocycles. The smallest absolute Gasteiger partial charge is 0.244 e. The predicted octanol–water partition coefficient (Wildman–Crippen LogP) is 2.37. The summed E-state index contributed by atoms with van der Waals surface area (Å²) in [5.74, 6) is 0.645. The number of aromatic nitrogens is 4. The minimum Gasteiger partial charge on any atom is -0.317 e. The number of amides is 1. The fraction of sp³-hybridized carbons (Fsp3) is 0.333. The van der Waals surface area contributed by atoms with Gasteiger partial charge in [-0.3, -0.25) is 4.79 Å². The van der Waals surface area contributed by atoms with E-state index in [1.165, 1.54) is 0 Å². The van der Waals surface area contributed by atoms with E-state index in [4.69, 9.17) is 5.73 Å². The zero-order valence-electron chi connectivity index (χ0n) is 16.2. The quantitative estimate of drug-likeness (QED) is 0.669. The Morgan fingerprint density at radius 1 is 1.03 bits per heavy atom. The van der Waals surface area contributed by atoms with Crippen LogP contribution < -0.4 is 5.73 Å². The molecule has 0 spiro atoms. The van der Waals surface area contributed by atoms with Crippen molar-refractivity contribution < 1.29 is 4.79 Å². The number of carbonyl (C=O) groups excluding carboxylic acids is 1. The number of carbonyl (C=O) groups is 1. The second kappa shape index (κ2) is 6.67. The lowest BCUT2D eigenvalue weighted by Gasteiger charge is -2.42. The maximum Gasteiger partial charge on any atom is 0.244 e. The molecule has 148 valence electrons. The van der Waals surface area contributed by atoms with Crippen LogP contribution in [0.5, 0.6) is 0 Å². The van der Waals surface area contributed by atoms with Gasteiger partial charge in [0.15, 0.2) is 5.82 Å². The van der Waals surface area contributed by atoms with Crippen molar-refractivity contribution >= 4 is 17.7 Å². The summed E-state index contributed by atoms with van der Waals surface area (Å²) in [6, 6.07) is 19.5. The van der Waals surface area contributed by atoms with Gasteiger partial charge in [-0.05, 0) is 35.4 Å². The van der Waals surface area contributed by atoms with Gasteiger partial charge in [-0.2, -0.15) is 0 Å². The van der Waals surface area contributed by atoms with E-state index in [1.807, 2.05) is 46.0 Å². The van der Waals surface area contributed by atoms with E-state index in [9.17, 15) is 4.79 Å². The molecule has 3 heterocycles. The van der Waals surface area contributed by atoms with E-state index in [0.29, 0.717) is 5.82 Å². The molecule has 2 aliphatic heterocycles. The fourth-order valence-corrected chi connectivity index (χ4v) is 5.94. The van der Waals surface area contributed by atoms with Crippen LogP contribution in [-0.4, -0.2) is 47.2 Å². The first kappa shape index (κ1) is 18.3. The van der Waals surface area contributed by atoms with E-state index in [-0.39, 0.29) is 28.1 Å². The SMILES string of the molecule is CC1(C)S[C@@H]2C(N)C(=O)N2C1c1nnnn1C(c1ccccc1)c1ccccc1. The predicted molar refractivity (Wildman–Crippen MR) is 111 cm³/mol. The molecule has 2 aliphatic rings. The molecule has 2 N–H and O–H groups in total. The summed E-state index contributed by atoms with van der Waals surface area (Å²) in [5.41, 5.74) is 8.22. The Morgan fingerprint density at radius 3 is 2.21 bits per heavy atom. The molecule has 7 nitrogen and oxygen atoms in total. The third-order valence-corrected chi connectivity index (χ3v) is 7.31. The van der Waals surface area contributed by atoms with Crippen molar-refractivity contribution in [2.45, 2.75) is 42.1 Å². The number of nitrogens with zero attached hydrogens (tertiary/aromatic N) is 5. The van der Waals surface area contributed by atoms with Crippen molar-refractivity contribution in [3.05, 3.63) is 77.6 Å². The van der Waals surface area contributed by atoms with Gasteiger partial charge in [-0.1, -0.05) is 60.7 Å². The van der Waals surface area contributed by atoms with Crippen LogP contribution >= 0.6 is 11.8 Å². The van der Waals surface area contributed by atoms with E-state index < -0.39 is 6.04 Å². The van der Waals surface area contributed by atoms with Gasteiger partial charge < -0.3 is 10.6 Å². The standard InChI is InChI=1S/C21H22N6OS/c1-21(2)17(26-19(28)15(22)20(26)29-21)18-23-24-25-27(18)16(13-9-5-3-6-10-13)14-11-7-4-8-12-14/h3-12,15-17,20H,22H2,1-2H3/t15?,17?,20-/m1/s1. The monoisotopic (exact) mass is 406 g/mol. The molecule has 0 bridgehead atoms. The van der Waals surface area contributed by atoms with Gasteiger partial charge >= 0.3 is 0 Å². The van der Waals surface area contributed by atoms with Gasteiger partial charge in [0.05, 0.1) is 0 Å². The second-order valence-electron chi connectivity index (χ2n) is 7.99. The van der Waals surface area contributed by atoms with Gasteiger partial charge in [0, 0.05) is 4.75 Å². The van der Waals surface area contributed by atoms with Crippen LogP contribution in [0, 0.1) is 0 Å². The molecule has 1 aromatic heterocycles. The minimum absolute atomic E-state index is 0.0282. The highest BCUT2D eigenvalue weighted by molar-refractivity contribution is 8.01. The molecule has 8 heteroatoms. The Morgan fingerprint density at radius 2 is 1.62 bits per heavy atom. The summed E-state index contributed by atoms with van der Waals surface area (Å²) in [7, 11) is 0.